The zero-order valence-corrected chi connectivity index (χ0v) is 18.8. The van der Waals surface area contributed by atoms with Crippen LogP contribution in [0.4, 0.5) is 11.4 Å². The van der Waals surface area contributed by atoms with Crippen molar-refractivity contribution >= 4 is 41.0 Å². The van der Waals surface area contributed by atoms with Gasteiger partial charge in [0.2, 0.25) is 5.91 Å². The minimum atomic E-state index is -1.01. The van der Waals surface area contributed by atoms with Crippen molar-refractivity contribution in [1.82, 2.24) is 5.32 Å². The molecule has 172 valence electrons. The van der Waals surface area contributed by atoms with Gasteiger partial charge in [0.1, 0.15) is 0 Å². The summed E-state index contributed by atoms with van der Waals surface area (Å²) in [6, 6.07) is 10.3. The van der Waals surface area contributed by atoms with Crippen molar-refractivity contribution in [2.45, 2.75) is 33.8 Å². The highest BCUT2D eigenvalue weighted by Crippen LogP contribution is 2.30. The van der Waals surface area contributed by atoms with Crippen LogP contribution in [0.2, 0.25) is 0 Å². The maximum atomic E-state index is 12.9. The number of nitrogens with one attached hydrogen (secondary N) is 2. The zero-order chi connectivity index (χ0) is 24.3. The quantitative estimate of drug-likeness (QED) is 0.493. The zero-order valence-electron chi connectivity index (χ0n) is 18.8. The Labute approximate surface area is 191 Å². The minimum Gasteiger partial charge on any atom is -0.449 e. The molecule has 2 aromatic rings. The Hall–Kier alpha value is -4.01. The molecule has 0 aromatic heterocycles. The fourth-order valence-electron chi connectivity index (χ4n) is 3.23. The largest absolute Gasteiger partial charge is 0.449 e. The smallest absolute Gasteiger partial charge is 0.338 e. The number of rotatable bonds is 7. The van der Waals surface area contributed by atoms with Gasteiger partial charge >= 0.3 is 5.97 Å². The summed E-state index contributed by atoms with van der Waals surface area (Å²) in [4.78, 5) is 62.5. The Morgan fingerprint density at radius 2 is 1.58 bits per heavy atom. The molecule has 2 aromatic carbocycles. The number of hydrogen-bond acceptors (Lipinski definition) is 6. The van der Waals surface area contributed by atoms with Crippen LogP contribution in [0.5, 0.6) is 0 Å². The fourth-order valence-corrected chi connectivity index (χ4v) is 3.23. The second-order valence-electron chi connectivity index (χ2n) is 8.12. The monoisotopic (exact) mass is 451 g/mol. The van der Waals surface area contributed by atoms with E-state index >= 15 is 0 Å². The number of amides is 4. The number of ether oxygens (including phenoxy) is 1. The summed E-state index contributed by atoms with van der Waals surface area (Å²) in [5.74, 6) is -2.29. The van der Waals surface area contributed by atoms with Crippen LogP contribution in [0.1, 0.15) is 58.8 Å². The van der Waals surface area contributed by atoms with Gasteiger partial charge in [-0.1, -0.05) is 13.8 Å². The lowest BCUT2D eigenvalue weighted by Crippen LogP contribution is -2.37. The maximum absolute atomic E-state index is 12.9. The van der Waals surface area contributed by atoms with Crippen molar-refractivity contribution in [2.24, 2.45) is 5.92 Å². The first-order chi connectivity index (χ1) is 15.6. The highest BCUT2D eigenvalue weighted by molar-refractivity contribution is 6.34. The average molecular weight is 451 g/mol. The molecule has 1 heterocycles. The van der Waals surface area contributed by atoms with Crippen LogP contribution in [0, 0.1) is 5.92 Å². The SMILES string of the molecule is CC(=O)Nc1ccc(N2C(=O)c3ccc(C(=O)OC(C)C(=O)NCC(C)C)cc3C2=O)cc1. The second-order valence-corrected chi connectivity index (χ2v) is 8.12. The van der Waals surface area contributed by atoms with Crippen molar-refractivity contribution in [1.29, 1.82) is 0 Å². The molecular weight excluding hydrogens is 426 g/mol. The number of esters is 1. The van der Waals surface area contributed by atoms with E-state index in [1.165, 1.54) is 32.0 Å². The number of hydrogen-bond donors (Lipinski definition) is 2. The molecule has 4 amide bonds. The van der Waals surface area contributed by atoms with Gasteiger partial charge in [0, 0.05) is 19.2 Å². The molecule has 0 saturated carbocycles. The summed E-state index contributed by atoms with van der Waals surface area (Å²) >= 11 is 0. The molecule has 9 heteroatoms. The number of imide groups is 1. The lowest BCUT2D eigenvalue weighted by Gasteiger charge is -2.15. The van der Waals surface area contributed by atoms with E-state index in [4.69, 9.17) is 4.74 Å². The summed E-state index contributed by atoms with van der Waals surface area (Å²) in [6.07, 6.45) is -1.01. The van der Waals surface area contributed by atoms with Gasteiger partial charge in [0.05, 0.1) is 22.4 Å². The fraction of sp³-hybridized carbons (Fsp3) is 0.292. The molecule has 3 rings (SSSR count). The summed E-state index contributed by atoms with van der Waals surface area (Å²) in [6.45, 7) is 7.18. The Morgan fingerprint density at radius 1 is 0.939 bits per heavy atom. The summed E-state index contributed by atoms with van der Waals surface area (Å²) in [5.41, 5.74) is 1.14. The number of carbonyl (C=O) groups excluding carboxylic acids is 5. The first-order valence-electron chi connectivity index (χ1n) is 10.5. The molecule has 1 unspecified atom stereocenters. The van der Waals surface area contributed by atoms with Crippen LogP contribution in [-0.2, 0) is 14.3 Å². The molecule has 0 saturated heterocycles. The van der Waals surface area contributed by atoms with E-state index in [0.29, 0.717) is 17.9 Å². The van der Waals surface area contributed by atoms with Gasteiger partial charge in [-0.05, 0) is 55.3 Å². The normalized spacial score (nSPS) is 13.5. The van der Waals surface area contributed by atoms with Crippen molar-refractivity contribution in [3.05, 3.63) is 59.2 Å². The van der Waals surface area contributed by atoms with Crippen LogP contribution >= 0.6 is 0 Å². The van der Waals surface area contributed by atoms with E-state index in [1.807, 2.05) is 13.8 Å². The van der Waals surface area contributed by atoms with Crippen molar-refractivity contribution in [2.75, 3.05) is 16.8 Å². The Bertz CT molecular complexity index is 1120. The Morgan fingerprint density at radius 3 is 2.18 bits per heavy atom. The first-order valence-corrected chi connectivity index (χ1v) is 10.5. The van der Waals surface area contributed by atoms with E-state index in [0.717, 1.165) is 4.90 Å². The predicted octanol–water partition coefficient (Wildman–Crippen LogP) is 2.76. The van der Waals surface area contributed by atoms with E-state index in [-0.39, 0.29) is 28.5 Å². The second kappa shape index (κ2) is 9.64. The van der Waals surface area contributed by atoms with Crippen molar-refractivity contribution in [3.63, 3.8) is 0 Å². The molecule has 2 N–H and O–H groups in total. The number of carbonyl (C=O) groups is 5. The molecule has 0 bridgehead atoms. The molecule has 1 aliphatic heterocycles. The highest BCUT2D eigenvalue weighted by atomic mass is 16.5. The standard InChI is InChI=1S/C24H25N3O6/c1-13(2)12-25-21(29)14(3)33-24(32)16-5-10-19-20(11-16)23(31)27(22(19)30)18-8-6-17(7-9-18)26-15(4)28/h5-11,13-14H,12H2,1-4H3,(H,25,29)(H,26,28). The van der Waals surface area contributed by atoms with Crippen molar-refractivity contribution < 1.29 is 28.7 Å². The van der Waals surface area contributed by atoms with Crippen LogP contribution in [-0.4, -0.2) is 42.2 Å². The number of nitrogens with zero attached hydrogens (tertiary/aromatic N) is 1. The number of fused-ring (bicyclic) bond motifs is 1. The lowest BCUT2D eigenvalue weighted by molar-refractivity contribution is -0.129. The van der Waals surface area contributed by atoms with Gasteiger partial charge < -0.3 is 15.4 Å². The van der Waals surface area contributed by atoms with Gasteiger partial charge in [0.25, 0.3) is 17.7 Å². The highest BCUT2D eigenvalue weighted by Gasteiger charge is 2.37. The molecule has 0 aliphatic carbocycles. The molecule has 0 spiro atoms. The lowest BCUT2D eigenvalue weighted by atomic mass is 10.1. The molecule has 33 heavy (non-hydrogen) atoms. The van der Waals surface area contributed by atoms with E-state index in [9.17, 15) is 24.0 Å². The van der Waals surface area contributed by atoms with Crippen molar-refractivity contribution in [3.8, 4) is 0 Å². The van der Waals surface area contributed by atoms with E-state index in [2.05, 4.69) is 10.6 Å². The molecule has 1 atom stereocenters. The van der Waals surface area contributed by atoms with E-state index < -0.39 is 29.8 Å². The van der Waals surface area contributed by atoms with E-state index in [1.54, 1.807) is 24.3 Å². The summed E-state index contributed by atoms with van der Waals surface area (Å²) in [7, 11) is 0. The number of anilines is 2. The molecule has 0 radical (unpaired) electrons. The molecule has 1 aliphatic rings. The van der Waals surface area contributed by atoms with Crippen LogP contribution < -0.4 is 15.5 Å². The summed E-state index contributed by atoms with van der Waals surface area (Å²) < 4.78 is 5.21. The third kappa shape index (κ3) is 5.25. The van der Waals surface area contributed by atoms with Gasteiger partial charge in [-0.2, -0.15) is 0 Å². The van der Waals surface area contributed by atoms with Crippen LogP contribution in [0.3, 0.4) is 0 Å². The van der Waals surface area contributed by atoms with Crippen LogP contribution in [0.15, 0.2) is 42.5 Å². The molecular formula is C24H25N3O6. The van der Waals surface area contributed by atoms with Crippen LogP contribution in [0.25, 0.3) is 0 Å². The first kappa shape index (κ1) is 23.6. The average Bonchev–Trinajstić information content (AvgIpc) is 3.01. The predicted molar refractivity (Wildman–Crippen MR) is 121 cm³/mol. The van der Waals surface area contributed by atoms with Gasteiger partial charge in [-0.3, -0.25) is 19.2 Å². The van der Waals surface area contributed by atoms with Gasteiger partial charge in [-0.15, -0.1) is 0 Å². The number of benzene rings is 2. The Balaban J connectivity index is 1.75. The maximum Gasteiger partial charge on any atom is 0.338 e. The minimum absolute atomic E-state index is 0.0567. The Kier molecular flexibility index (Phi) is 6.91. The third-order valence-electron chi connectivity index (χ3n) is 4.91. The van der Waals surface area contributed by atoms with Gasteiger partial charge in [0.15, 0.2) is 6.10 Å². The molecule has 0 fully saturated rings. The topological polar surface area (TPSA) is 122 Å². The van der Waals surface area contributed by atoms with Gasteiger partial charge in [-0.25, -0.2) is 9.69 Å². The third-order valence-corrected chi connectivity index (χ3v) is 4.91. The summed E-state index contributed by atoms with van der Waals surface area (Å²) in [5, 5.41) is 5.30. The molecule has 9 nitrogen and oxygen atoms in total.